The molecule has 24 heavy (non-hydrogen) atoms. The molecule has 2 heterocycles. The van der Waals surface area contributed by atoms with Crippen molar-refractivity contribution in [2.45, 2.75) is 20.3 Å². The van der Waals surface area contributed by atoms with Crippen molar-refractivity contribution in [1.29, 1.82) is 0 Å². The molecule has 0 saturated carbocycles. The monoisotopic (exact) mass is 346 g/mol. The average molecular weight is 346 g/mol. The number of carbonyl (C=O) groups excluding carboxylic acids is 1. The standard InChI is InChI=1S/C18H22N2O3S/c1-13-10-17(14(2)20(13)16-6-4-3-5-7-16)18(21)19-11-15-8-9-24(22,23)12-15/h3-7,10,15H,8-9,11-12H2,1-2H3,(H,19,21)/t15-/m1/s1. The predicted octanol–water partition coefficient (Wildman–Crippen LogP) is 2.26. The molecule has 0 radical (unpaired) electrons. The SMILES string of the molecule is Cc1cc(C(=O)NC[C@H]2CCS(=O)(=O)C2)c(C)n1-c1ccccc1. The molecule has 1 aliphatic heterocycles. The Bertz CT molecular complexity index is 854. The third kappa shape index (κ3) is 3.38. The van der Waals surface area contributed by atoms with Crippen LogP contribution in [-0.2, 0) is 9.84 Å². The molecule has 1 aliphatic rings. The molecule has 1 fully saturated rings. The van der Waals surface area contributed by atoms with E-state index in [1.54, 1.807) is 0 Å². The molecule has 0 aliphatic carbocycles. The lowest BCUT2D eigenvalue weighted by atomic mass is 10.1. The quantitative estimate of drug-likeness (QED) is 0.923. The van der Waals surface area contributed by atoms with Gasteiger partial charge in [0.25, 0.3) is 5.91 Å². The van der Waals surface area contributed by atoms with Crippen LogP contribution in [0.4, 0.5) is 0 Å². The van der Waals surface area contributed by atoms with Crippen molar-refractivity contribution in [3.05, 3.63) is 53.3 Å². The van der Waals surface area contributed by atoms with Crippen molar-refractivity contribution < 1.29 is 13.2 Å². The number of nitrogens with zero attached hydrogens (tertiary/aromatic N) is 1. The number of carbonyl (C=O) groups is 1. The summed E-state index contributed by atoms with van der Waals surface area (Å²) >= 11 is 0. The lowest BCUT2D eigenvalue weighted by Gasteiger charge is -2.11. The zero-order valence-electron chi connectivity index (χ0n) is 14.0. The Hall–Kier alpha value is -2.08. The molecule has 1 saturated heterocycles. The van der Waals surface area contributed by atoms with Crippen LogP contribution >= 0.6 is 0 Å². The molecule has 0 bridgehead atoms. The van der Waals surface area contributed by atoms with Gasteiger partial charge in [0.05, 0.1) is 17.1 Å². The molecule has 1 aromatic heterocycles. The number of hydrogen-bond donors (Lipinski definition) is 1. The Morgan fingerprint density at radius 3 is 2.58 bits per heavy atom. The fraction of sp³-hybridized carbons (Fsp3) is 0.389. The molecule has 0 unspecified atom stereocenters. The smallest absolute Gasteiger partial charge is 0.253 e. The molecular weight excluding hydrogens is 324 g/mol. The second-order valence-corrected chi connectivity index (χ2v) is 8.66. The first-order valence-electron chi connectivity index (χ1n) is 8.10. The minimum atomic E-state index is -2.91. The number of amides is 1. The second-order valence-electron chi connectivity index (χ2n) is 6.43. The molecule has 1 aromatic carbocycles. The van der Waals surface area contributed by atoms with Gasteiger partial charge >= 0.3 is 0 Å². The summed E-state index contributed by atoms with van der Waals surface area (Å²) in [6.45, 7) is 4.31. The third-order valence-electron chi connectivity index (χ3n) is 4.57. The van der Waals surface area contributed by atoms with Crippen LogP contribution in [-0.4, -0.2) is 36.9 Å². The highest BCUT2D eigenvalue weighted by Crippen LogP contribution is 2.21. The summed E-state index contributed by atoms with van der Waals surface area (Å²) in [6, 6.07) is 11.8. The first-order valence-corrected chi connectivity index (χ1v) is 9.92. The summed E-state index contributed by atoms with van der Waals surface area (Å²) in [5, 5.41) is 2.89. The van der Waals surface area contributed by atoms with Gasteiger partial charge in [-0.15, -0.1) is 0 Å². The average Bonchev–Trinajstić information content (AvgIpc) is 3.05. The fourth-order valence-electron chi connectivity index (χ4n) is 3.33. The summed E-state index contributed by atoms with van der Waals surface area (Å²) in [6.07, 6.45) is 0.631. The maximum absolute atomic E-state index is 12.5. The van der Waals surface area contributed by atoms with Gasteiger partial charge in [0.15, 0.2) is 9.84 Å². The van der Waals surface area contributed by atoms with Crippen molar-refractivity contribution >= 4 is 15.7 Å². The van der Waals surface area contributed by atoms with Crippen molar-refractivity contribution in [3.63, 3.8) is 0 Å². The normalized spacial score (nSPS) is 19.3. The maximum Gasteiger partial charge on any atom is 0.253 e. The summed E-state index contributed by atoms with van der Waals surface area (Å²) in [5.41, 5.74) is 3.54. The summed E-state index contributed by atoms with van der Waals surface area (Å²) in [4.78, 5) is 12.5. The van der Waals surface area contributed by atoms with Gasteiger partial charge in [-0.2, -0.15) is 0 Å². The topological polar surface area (TPSA) is 68.2 Å². The molecule has 0 spiro atoms. The van der Waals surface area contributed by atoms with Gasteiger partial charge in [0, 0.05) is 23.6 Å². The van der Waals surface area contributed by atoms with E-state index in [-0.39, 0.29) is 23.3 Å². The van der Waals surface area contributed by atoms with E-state index >= 15 is 0 Å². The van der Waals surface area contributed by atoms with Crippen LogP contribution in [0, 0.1) is 19.8 Å². The van der Waals surface area contributed by atoms with Gasteiger partial charge in [-0.1, -0.05) is 18.2 Å². The Labute approximate surface area is 142 Å². The molecule has 1 atom stereocenters. The van der Waals surface area contributed by atoms with E-state index in [2.05, 4.69) is 9.88 Å². The lowest BCUT2D eigenvalue weighted by molar-refractivity contribution is 0.0948. The number of para-hydroxylation sites is 1. The van der Waals surface area contributed by atoms with Crippen molar-refractivity contribution in [2.24, 2.45) is 5.92 Å². The first kappa shape index (κ1) is 16.8. The minimum Gasteiger partial charge on any atom is -0.352 e. The van der Waals surface area contributed by atoms with E-state index in [1.165, 1.54) is 0 Å². The number of sulfone groups is 1. The molecule has 6 heteroatoms. The van der Waals surface area contributed by atoms with E-state index in [4.69, 9.17) is 0 Å². The van der Waals surface area contributed by atoms with Gasteiger partial charge in [-0.05, 0) is 44.4 Å². The van der Waals surface area contributed by atoms with E-state index in [9.17, 15) is 13.2 Å². The number of nitrogens with one attached hydrogen (secondary N) is 1. The highest BCUT2D eigenvalue weighted by atomic mass is 32.2. The Balaban J connectivity index is 1.74. The predicted molar refractivity (Wildman–Crippen MR) is 94.3 cm³/mol. The Kier molecular flexibility index (Phi) is 4.49. The third-order valence-corrected chi connectivity index (χ3v) is 6.41. The first-order chi connectivity index (χ1) is 11.4. The number of benzene rings is 1. The van der Waals surface area contributed by atoms with Gasteiger partial charge in [0.1, 0.15) is 0 Å². The molecule has 1 N–H and O–H groups in total. The number of aromatic nitrogens is 1. The zero-order valence-corrected chi connectivity index (χ0v) is 14.8. The molecular formula is C18H22N2O3S. The minimum absolute atomic E-state index is 0.0246. The van der Waals surface area contributed by atoms with Gasteiger partial charge in [0.2, 0.25) is 0 Å². The van der Waals surface area contributed by atoms with E-state index in [1.807, 2.05) is 50.2 Å². The van der Waals surface area contributed by atoms with E-state index in [0.717, 1.165) is 17.1 Å². The van der Waals surface area contributed by atoms with Crippen LogP contribution in [0.25, 0.3) is 5.69 Å². The van der Waals surface area contributed by atoms with Crippen LogP contribution in [0.5, 0.6) is 0 Å². The van der Waals surface area contributed by atoms with Crippen LogP contribution in [0.3, 0.4) is 0 Å². The fourth-order valence-corrected chi connectivity index (χ4v) is 5.19. The summed E-state index contributed by atoms with van der Waals surface area (Å²) in [5.74, 6) is 0.290. The Morgan fingerprint density at radius 1 is 1.25 bits per heavy atom. The van der Waals surface area contributed by atoms with Crippen LogP contribution < -0.4 is 5.32 Å². The zero-order chi connectivity index (χ0) is 17.3. The largest absolute Gasteiger partial charge is 0.352 e. The molecule has 2 aromatic rings. The molecule has 5 nitrogen and oxygen atoms in total. The van der Waals surface area contributed by atoms with Gasteiger partial charge in [-0.3, -0.25) is 4.79 Å². The van der Waals surface area contributed by atoms with Gasteiger partial charge < -0.3 is 9.88 Å². The number of rotatable bonds is 4. The van der Waals surface area contributed by atoms with Crippen molar-refractivity contribution in [2.75, 3.05) is 18.1 Å². The second kappa shape index (κ2) is 6.43. The van der Waals surface area contributed by atoms with Crippen LogP contribution in [0.1, 0.15) is 28.2 Å². The van der Waals surface area contributed by atoms with Gasteiger partial charge in [-0.25, -0.2) is 8.42 Å². The number of hydrogen-bond acceptors (Lipinski definition) is 3. The molecule has 3 rings (SSSR count). The van der Waals surface area contributed by atoms with Crippen LogP contribution in [0.15, 0.2) is 36.4 Å². The van der Waals surface area contributed by atoms with Crippen molar-refractivity contribution in [1.82, 2.24) is 9.88 Å². The lowest BCUT2D eigenvalue weighted by Crippen LogP contribution is -2.30. The van der Waals surface area contributed by atoms with E-state index < -0.39 is 9.84 Å². The Morgan fingerprint density at radius 2 is 1.96 bits per heavy atom. The highest BCUT2D eigenvalue weighted by molar-refractivity contribution is 7.91. The summed E-state index contributed by atoms with van der Waals surface area (Å²) < 4.78 is 25.0. The van der Waals surface area contributed by atoms with Crippen molar-refractivity contribution in [3.8, 4) is 5.69 Å². The highest BCUT2D eigenvalue weighted by Gasteiger charge is 2.28. The molecule has 1 amide bonds. The van der Waals surface area contributed by atoms with E-state index in [0.29, 0.717) is 18.5 Å². The molecule has 128 valence electrons. The maximum atomic E-state index is 12.5. The number of aryl methyl sites for hydroxylation is 1. The summed E-state index contributed by atoms with van der Waals surface area (Å²) in [7, 11) is -2.91. The van der Waals surface area contributed by atoms with Crippen LogP contribution in [0.2, 0.25) is 0 Å².